The number of anilines is 1. The average molecular weight is 536 g/mol. The third-order valence-electron chi connectivity index (χ3n) is 4.37. The van der Waals surface area contributed by atoms with E-state index in [9.17, 15) is 4.79 Å². The fraction of sp³-hybridized carbons (Fsp3) is 0.261. The molecule has 158 valence electrons. The Balaban J connectivity index is 1.76. The van der Waals surface area contributed by atoms with Crippen LogP contribution in [0.3, 0.4) is 0 Å². The van der Waals surface area contributed by atoms with Crippen LogP contribution >= 0.6 is 34.4 Å². The van der Waals surface area contributed by atoms with Gasteiger partial charge in [0.25, 0.3) is 5.91 Å². The SMILES string of the molecule is C=CCOc1c(I)cc(/C=C2\S[C@H](Nc3ccc(CC)cc3)NC2=O)cc1OCC. The molecule has 1 atom stereocenters. The molecule has 2 aromatic carbocycles. The summed E-state index contributed by atoms with van der Waals surface area (Å²) < 4.78 is 12.4. The molecular formula is C23H25IN2O3S. The molecule has 0 radical (unpaired) electrons. The van der Waals surface area contributed by atoms with Crippen molar-refractivity contribution in [2.45, 2.75) is 25.8 Å². The van der Waals surface area contributed by atoms with Crippen LogP contribution in [0.25, 0.3) is 6.08 Å². The van der Waals surface area contributed by atoms with Gasteiger partial charge in [-0.25, -0.2) is 0 Å². The highest BCUT2D eigenvalue weighted by atomic mass is 127. The van der Waals surface area contributed by atoms with Gasteiger partial charge in [-0.05, 0) is 77.4 Å². The van der Waals surface area contributed by atoms with Crippen molar-refractivity contribution in [3.63, 3.8) is 0 Å². The number of rotatable bonds is 9. The maximum Gasteiger partial charge on any atom is 0.260 e. The molecular weight excluding hydrogens is 511 g/mol. The molecule has 7 heteroatoms. The summed E-state index contributed by atoms with van der Waals surface area (Å²) in [5, 5.41) is 6.32. The highest BCUT2D eigenvalue weighted by Crippen LogP contribution is 2.37. The van der Waals surface area contributed by atoms with E-state index in [4.69, 9.17) is 9.47 Å². The van der Waals surface area contributed by atoms with E-state index in [0.717, 1.165) is 21.2 Å². The lowest BCUT2D eigenvalue weighted by Crippen LogP contribution is -2.30. The number of ether oxygens (including phenoxy) is 2. The Bertz CT molecular complexity index is 944. The van der Waals surface area contributed by atoms with Crippen molar-refractivity contribution >= 4 is 52.0 Å². The van der Waals surface area contributed by atoms with Gasteiger partial charge < -0.3 is 20.1 Å². The normalized spacial score (nSPS) is 17.0. The van der Waals surface area contributed by atoms with Crippen LogP contribution in [-0.2, 0) is 11.2 Å². The topological polar surface area (TPSA) is 59.6 Å². The first kappa shape index (κ1) is 22.6. The molecule has 2 aromatic rings. The van der Waals surface area contributed by atoms with Gasteiger partial charge >= 0.3 is 0 Å². The predicted octanol–water partition coefficient (Wildman–Crippen LogP) is 5.42. The molecule has 1 fully saturated rings. The Labute approximate surface area is 195 Å². The van der Waals surface area contributed by atoms with Gasteiger partial charge in [-0.2, -0.15) is 0 Å². The number of carbonyl (C=O) groups excluding carboxylic acids is 1. The number of benzene rings is 2. The molecule has 2 N–H and O–H groups in total. The largest absolute Gasteiger partial charge is 0.490 e. The van der Waals surface area contributed by atoms with Crippen LogP contribution in [0.4, 0.5) is 5.69 Å². The zero-order valence-corrected chi connectivity index (χ0v) is 20.0. The van der Waals surface area contributed by atoms with E-state index in [1.165, 1.54) is 17.3 Å². The van der Waals surface area contributed by atoms with E-state index in [1.807, 2.05) is 37.3 Å². The number of aryl methyl sites for hydroxylation is 1. The third kappa shape index (κ3) is 5.72. The molecule has 1 amide bonds. The fourth-order valence-corrected chi connectivity index (χ4v) is 4.69. The Morgan fingerprint density at radius 3 is 2.67 bits per heavy atom. The van der Waals surface area contributed by atoms with Crippen molar-refractivity contribution in [3.8, 4) is 11.5 Å². The average Bonchev–Trinajstić information content (AvgIpc) is 3.07. The zero-order chi connectivity index (χ0) is 21.5. The van der Waals surface area contributed by atoms with Crippen molar-refractivity contribution in [1.29, 1.82) is 0 Å². The summed E-state index contributed by atoms with van der Waals surface area (Å²) in [6, 6.07) is 12.1. The van der Waals surface area contributed by atoms with Gasteiger partial charge in [-0.1, -0.05) is 43.5 Å². The van der Waals surface area contributed by atoms with Crippen molar-refractivity contribution < 1.29 is 14.3 Å². The van der Waals surface area contributed by atoms with Crippen LogP contribution in [-0.4, -0.2) is 24.6 Å². The monoisotopic (exact) mass is 536 g/mol. The summed E-state index contributed by atoms with van der Waals surface area (Å²) >= 11 is 3.68. The first-order chi connectivity index (χ1) is 14.5. The minimum atomic E-state index is -0.211. The Hall–Kier alpha value is -2.13. The van der Waals surface area contributed by atoms with Crippen molar-refractivity contribution in [3.05, 3.63) is 68.7 Å². The van der Waals surface area contributed by atoms with Gasteiger partial charge in [0.05, 0.1) is 15.1 Å². The number of carbonyl (C=O) groups is 1. The minimum Gasteiger partial charge on any atom is -0.490 e. The van der Waals surface area contributed by atoms with Crippen LogP contribution in [0.15, 0.2) is 54.0 Å². The molecule has 0 bridgehead atoms. The molecule has 0 saturated carbocycles. The molecule has 30 heavy (non-hydrogen) atoms. The lowest BCUT2D eigenvalue weighted by Gasteiger charge is -2.14. The quantitative estimate of drug-likeness (QED) is 0.255. The first-order valence-corrected chi connectivity index (χ1v) is 11.7. The number of hydrogen-bond acceptors (Lipinski definition) is 5. The molecule has 3 rings (SSSR count). The van der Waals surface area contributed by atoms with Crippen LogP contribution < -0.4 is 20.1 Å². The number of hydrogen-bond donors (Lipinski definition) is 2. The van der Waals surface area contributed by atoms with Crippen LogP contribution in [0.1, 0.15) is 25.0 Å². The molecule has 5 nitrogen and oxygen atoms in total. The van der Waals surface area contributed by atoms with Gasteiger partial charge in [0.15, 0.2) is 17.0 Å². The Morgan fingerprint density at radius 2 is 2.00 bits per heavy atom. The highest BCUT2D eigenvalue weighted by Gasteiger charge is 2.27. The summed E-state index contributed by atoms with van der Waals surface area (Å²) in [7, 11) is 0. The van der Waals surface area contributed by atoms with Crippen molar-refractivity contribution in [2.75, 3.05) is 18.5 Å². The molecule has 0 spiro atoms. The molecule has 1 heterocycles. The predicted molar refractivity (Wildman–Crippen MR) is 133 cm³/mol. The van der Waals surface area contributed by atoms with Crippen LogP contribution in [0.2, 0.25) is 0 Å². The molecule has 0 aliphatic carbocycles. The van der Waals surface area contributed by atoms with Crippen LogP contribution in [0, 0.1) is 3.57 Å². The maximum atomic E-state index is 12.5. The Kier molecular flexibility index (Phi) is 8.09. The second kappa shape index (κ2) is 10.8. The van der Waals surface area contributed by atoms with E-state index in [2.05, 4.69) is 58.9 Å². The molecule has 1 aliphatic heterocycles. The summed E-state index contributed by atoms with van der Waals surface area (Å²) in [6.45, 7) is 8.68. The van der Waals surface area contributed by atoms with Gasteiger partial charge in [0, 0.05) is 5.69 Å². The van der Waals surface area contributed by atoms with E-state index in [1.54, 1.807) is 6.08 Å². The first-order valence-electron chi connectivity index (χ1n) is 9.78. The third-order valence-corrected chi connectivity index (χ3v) is 6.20. The Morgan fingerprint density at radius 1 is 1.23 bits per heavy atom. The number of halogens is 1. The van der Waals surface area contributed by atoms with Gasteiger partial charge in [0.2, 0.25) is 0 Å². The second-order valence-electron chi connectivity index (χ2n) is 6.54. The van der Waals surface area contributed by atoms with Gasteiger partial charge in [-0.3, -0.25) is 4.79 Å². The second-order valence-corrected chi connectivity index (χ2v) is 8.85. The lowest BCUT2D eigenvalue weighted by molar-refractivity contribution is -0.116. The van der Waals surface area contributed by atoms with Gasteiger partial charge in [-0.15, -0.1) is 0 Å². The van der Waals surface area contributed by atoms with Gasteiger partial charge in [0.1, 0.15) is 6.61 Å². The van der Waals surface area contributed by atoms with Crippen molar-refractivity contribution in [1.82, 2.24) is 5.32 Å². The van der Waals surface area contributed by atoms with E-state index in [-0.39, 0.29) is 11.4 Å². The summed E-state index contributed by atoms with van der Waals surface area (Å²) in [6.07, 6.45) is 4.58. The van der Waals surface area contributed by atoms with Crippen LogP contribution in [0.5, 0.6) is 11.5 Å². The van der Waals surface area contributed by atoms with Crippen molar-refractivity contribution in [2.24, 2.45) is 0 Å². The molecule has 1 saturated heterocycles. The smallest absolute Gasteiger partial charge is 0.260 e. The number of nitrogens with one attached hydrogen (secondary N) is 2. The van der Waals surface area contributed by atoms with E-state index < -0.39 is 0 Å². The standard InChI is InChI=1S/C23H25IN2O3S/c1-4-11-29-21-18(24)12-16(13-19(21)28-6-3)14-20-22(27)26-23(30-20)25-17-9-7-15(5-2)8-10-17/h4,7-10,12-14,23,25H,1,5-6,11H2,2-3H3,(H,26,27)/b20-14-/t23-/m1/s1. The number of thioether (sulfide) groups is 1. The molecule has 1 aliphatic rings. The zero-order valence-electron chi connectivity index (χ0n) is 17.0. The maximum absolute atomic E-state index is 12.5. The minimum absolute atomic E-state index is 0.0948. The molecule has 0 aromatic heterocycles. The van der Waals surface area contributed by atoms with E-state index in [0.29, 0.717) is 29.6 Å². The summed E-state index contributed by atoms with van der Waals surface area (Å²) in [5.41, 5.74) is 2.93. The van der Waals surface area contributed by atoms with E-state index >= 15 is 0 Å². The fourth-order valence-electron chi connectivity index (χ4n) is 2.92. The summed E-state index contributed by atoms with van der Waals surface area (Å²) in [5.74, 6) is 1.26. The lowest BCUT2D eigenvalue weighted by atomic mass is 10.1. The molecule has 0 unspecified atom stereocenters. The highest BCUT2D eigenvalue weighted by molar-refractivity contribution is 14.1. The number of amides is 1. The summed E-state index contributed by atoms with van der Waals surface area (Å²) in [4.78, 5) is 13.1.